The Morgan fingerprint density at radius 2 is 1.23 bits per heavy atom. The van der Waals surface area contributed by atoms with Crippen LogP contribution in [0.3, 0.4) is 0 Å². The lowest BCUT2D eigenvalue weighted by Crippen LogP contribution is -2.32. The number of fused-ring (bicyclic) bond motifs is 2. The summed E-state index contributed by atoms with van der Waals surface area (Å²) in [7, 11) is 0. The van der Waals surface area contributed by atoms with Crippen molar-refractivity contribution in [3.05, 3.63) is 99.7 Å². The minimum Gasteiger partial charge on any atom is -0.378 e. The van der Waals surface area contributed by atoms with Crippen molar-refractivity contribution in [3.63, 3.8) is 0 Å². The van der Waals surface area contributed by atoms with Crippen LogP contribution in [0, 0.1) is 34.6 Å². The van der Waals surface area contributed by atoms with Gasteiger partial charge in [-0.2, -0.15) is 0 Å². The van der Waals surface area contributed by atoms with E-state index in [0.717, 1.165) is 129 Å². The number of amides is 2. The molecule has 0 spiro atoms. The van der Waals surface area contributed by atoms with Gasteiger partial charge in [0.25, 0.3) is 0 Å². The second-order valence-electron chi connectivity index (χ2n) is 18.6. The van der Waals surface area contributed by atoms with Crippen molar-refractivity contribution in [3.8, 4) is 22.3 Å². The quantitative estimate of drug-likeness (QED) is 0.163. The van der Waals surface area contributed by atoms with Crippen molar-refractivity contribution in [2.24, 2.45) is 0 Å². The first-order valence-electron chi connectivity index (χ1n) is 23.3. The number of anilines is 1. The average Bonchev–Trinajstić information content (AvgIpc) is 4.16. The number of ether oxygens (including phenoxy) is 2. The van der Waals surface area contributed by atoms with Gasteiger partial charge in [-0.3, -0.25) is 9.59 Å². The molecule has 0 saturated carbocycles. The van der Waals surface area contributed by atoms with Gasteiger partial charge in [0.15, 0.2) is 0 Å². The van der Waals surface area contributed by atoms with Crippen LogP contribution in [0.2, 0.25) is 5.02 Å². The van der Waals surface area contributed by atoms with E-state index >= 15 is 0 Å². The van der Waals surface area contributed by atoms with Crippen LogP contribution in [0.4, 0.5) is 5.69 Å². The lowest BCUT2D eigenvalue weighted by atomic mass is 10.0. The molecule has 8 heterocycles. The predicted molar refractivity (Wildman–Crippen MR) is 253 cm³/mol. The number of benzene rings is 3. The van der Waals surface area contributed by atoms with Crippen LogP contribution in [0.15, 0.2) is 63.6 Å². The zero-order chi connectivity index (χ0) is 46.0. The molecule has 344 valence electrons. The van der Waals surface area contributed by atoms with Gasteiger partial charge in [0, 0.05) is 60.0 Å². The maximum atomic E-state index is 13.2. The molecule has 66 heavy (non-hydrogen) atoms. The molecule has 4 aliphatic rings. The summed E-state index contributed by atoms with van der Waals surface area (Å²) in [5.74, 6) is 3.68. The summed E-state index contributed by atoms with van der Waals surface area (Å²) < 4.78 is 27.2. The number of hydrogen-bond donors (Lipinski definition) is 1. The third-order valence-corrected chi connectivity index (χ3v) is 14.4. The first kappa shape index (κ1) is 44.0. The van der Waals surface area contributed by atoms with Crippen LogP contribution in [0.1, 0.15) is 130 Å². The molecule has 7 aromatic rings. The Hall–Kier alpha value is -5.83. The Morgan fingerprint density at radius 1 is 0.667 bits per heavy atom. The van der Waals surface area contributed by atoms with E-state index in [0.29, 0.717) is 36.9 Å². The van der Waals surface area contributed by atoms with Crippen LogP contribution in [-0.4, -0.2) is 66.7 Å². The maximum absolute atomic E-state index is 13.2. The minimum absolute atomic E-state index is 0.0319. The number of carbonyl (C=O) groups excluding carboxylic acids is 2. The van der Waals surface area contributed by atoms with E-state index in [2.05, 4.69) is 75.0 Å². The number of aromatic nitrogens is 6. The zero-order valence-corrected chi connectivity index (χ0v) is 39.4. The second-order valence-corrected chi connectivity index (χ2v) is 19.0. The van der Waals surface area contributed by atoms with Crippen LogP contribution < -0.4 is 10.2 Å². The molecule has 14 nitrogen and oxygen atoms in total. The summed E-state index contributed by atoms with van der Waals surface area (Å²) in [4.78, 5) is 37.2. The molecule has 0 aliphatic carbocycles. The van der Waals surface area contributed by atoms with Crippen molar-refractivity contribution < 1.29 is 28.1 Å². The standard InChI is InChI=1S/C29H31ClN4O3.C22H26N4O3/c1-16-5-7-21(15-23(16)30)33-26(9-10-27(33)35)29-31-24-14-20(28-18(3)32-37-19(28)4)6-8-25(24)34(29)22-11-12-36-17(2)13-22;1-12-10-16(8-9-28-12)26-19-6-4-15(21-13(2)25-29-14(21)3)11-18(19)24-22(26)17-5-7-20(27)23-17/h5-8,14-15,17,22,26H,9-13H2,1-4H3;4,6,11-12,16-17H,5,7-10H2,1-3H3,(H,23,27)/t17?,22?,26-;12?,16?,17-/m00/s1. The Morgan fingerprint density at radius 3 is 1.73 bits per heavy atom. The highest BCUT2D eigenvalue weighted by molar-refractivity contribution is 6.31. The van der Waals surface area contributed by atoms with Crippen molar-refractivity contribution in [2.75, 3.05) is 18.1 Å². The van der Waals surface area contributed by atoms with Crippen LogP contribution >= 0.6 is 11.6 Å². The summed E-state index contributed by atoms with van der Waals surface area (Å²) in [6.07, 6.45) is 6.64. The normalized spacial score (nSPS) is 23.5. The molecule has 0 radical (unpaired) electrons. The summed E-state index contributed by atoms with van der Waals surface area (Å²) in [5, 5.41) is 12.0. The summed E-state index contributed by atoms with van der Waals surface area (Å²) in [6, 6.07) is 19.0. The number of aryl methyl sites for hydroxylation is 5. The summed E-state index contributed by atoms with van der Waals surface area (Å²) in [5.41, 5.74) is 11.7. The fourth-order valence-electron chi connectivity index (χ4n) is 10.8. The molecule has 11 rings (SSSR count). The number of carbonyl (C=O) groups is 2. The number of imidazole rings is 2. The van der Waals surface area contributed by atoms with Crippen molar-refractivity contribution >= 4 is 51.2 Å². The molecular weight excluding hydrogens is 856 g/mol. The highest BCUT2D eigenvalue weighted by Crippen LogP contribution is 2.43. The van der Waals surface area contributed by atoms with Gasteiger partial charge in [0.2, 0.25) is 11.8 Å². The van der Waals surface area contributed by atoms with Gasteiger partial charge in [-0.05, 0) is 140 Å². The van der Waals surface area contributed by atoms with Gasteiger partial charge in [-0.15, -0.1) is 0 Å². The summed E-state index contributed by atoms with van der Waals surface area (Å²) in [6.45, 7) is 15.5. The maximum Gasteiger partial charge on any atom is 0.227 e. The van der Waals surface area contributed by atoms with Crippen molar-refractivity contribution in [1.82, 2.24) is 34.7 Å². The van der Waals surface area contributed by atoms with Gasteiger partial charge in [-0.25, -0.2) is 9.97 Å². The first-order valence-corrected chi connectivity index (χ1v) is 23.7. The smallest absolute Gasteiger partial charge is 0.227 e. The van der Waals surface area contributed by atoms with Gasteiger partial charge in [-0.1, -0.05) is 40.1 Å². The van der Waals surface area contributed by atoms with Crippen molar-refractivity contribution in [2.45, 2.75) is 136 Å². The number of nitrogens with zero attached hydrogens (tertiary/aromatic N) is 7. The van der Waals surface area contributed by atoms with E-state index in [1.54, 1.807) is 0 Å². The van der Waals surface area contributed by atoms with Gasteiger partial charge in [0.1, 0.15) is 23.2 Å². The van der Waals surface area contributed by atoms with E-state index in [4.69, 9.17) is 40.1 Å². The number of nitrogens with one attached hydrogen (secondary N) is 1. The fourth-order valence-corrected chi connectivity index (χ4v) is 11.0. The van der Waals surface area contributed by atoms with Crippen LogP contribution in [0.25, 0.3) is 44.3 Å². The Labute approximate surface area is 389 Å². The highest BCUT2D eigenvalue weighted by Gasteiger charge is 2.39. The second kappa shape index (κ2) is 17.8. The average molecular weight is 914 g/mol. The zero-order valence-electron chi connectivity index (χ0n) is 38.7. The third-order valence-electron chi connectivity index (χ3n) is 14.0. The molecule has 4 aromatic heterocycles. The van der Waals surface area contributed by atoms with Gasteiger partial charge >= 0.3 is 0 Å². The fraction of sp³-hybridized carbons (Fsp3) is 0.451. The van der Waals surface area contributed by atoms with E-state index in [9.17, 15) is 9.59 Å². The molecular formula is C51H57ClN8O6. The number of halogens is 1. The molecule has 4 unspecified atom stereocenters. The van der Waals surface area contributed by atoms with E-state index in [1.807, 2.05) is 57.7 Å². The summed E-state index contributed by atoms with van der Waals surface area (Å²) >= 11 is 6.47. The number of rotatable bonds is 7. The topological polar surface area (TPSA) is 156 Å². The largest absolute Gasteiger partial charge is 0.378 e. The van der Waals surface area contributed by atoms with E-state index < -0.39 is 0 Å². The minimum atomic E-state index is -0.167. The SMILES string of the molecule is Cc1ccc(N2C(=O)CC[C@H]2c2nc3cc(-c4c(C)noc4C)ccc3n2C2CCOC(C)C2)cc1Cl.Cc1noc(C)c1-c1ccc2c(c1)nc([C@@H]1CCC(=O)N1)n2C1CCOC(C)C1. The molecule has 2 amide bonds. The Balaban J connectivity index is 0.000000160. The highest BCUT2D eigenvalue weighted by atomic mass is 35.5. The molecule has 15 heteroatoms. The molecule has 0 bridgehead atoms. The predicted octanol–water partition coefficient (Wildman–Crippen LogP) is 10.9. The lowest BCUT2D eigenvalue weighted by Gasteiger charge is -2.32. The van der Waals surface area contributed by atoms with E-state index in [1.165, 1.54) is 0 Å². The first-order chi connectivity index (χ1) is 31.8. The van der Waals surface area contributed by atoms with Crippen LogP contribution in [-0.2, 0) is 19.1 Å². The molecule has 4 saturated heterocycles. The van der Waals surface area contributed by atoms with Crippen LogP contribution in [0.5, 0.6) is 0 Å². The monoisotopic (exact) mass is 912 g/mol. The number of hydrogen-bond acceptors (Lipinski definition) is 10. The lowest BCUT2D eigenvalue weighted by molar-refractivity contribution is -0.119. The Bertz CT molecular complexity index is 2940. The van der Waals surface area contributed by atoms with E-state index in [-0.39, 0.29) is 42.1 Å². The van der Waals surface area contributed by atoms with Crippen molar-refractivity contribution in [1.29, 1.82) is 0 Å². The van der Waals surface area contributed by atoms with Gasteiger partial charge in [0.05, 0.1) is 57.7 Å². The van der Waals surface area contributed by atoms with Gasteiger partial charge < -0.3 is 37.9 Å². The molecule has 6 atom stereocenters. The molecule has 3 aromatic carbocycles. The molecule has 4 fully saturated rings. The Kier molecular flexibility index (Phi) is 11.8. The molecule has 1 N–H and O–H groups in total. The third kappa shape index (κ3) is 8.10. The molecule has 4 aliphatic heterocycles.